The van der Waals surface area contributed by atoms with E-state index in [1.165, 1.54) is 0 Å². The van der Waals surface area contributed by atoms with E-state index in [1.807, 2.05) is 69.6 Å². The summed E-state index contributed by atoms with van der Waals surface area (Å²) in [5.41, 5.74) is 4.40. The Morgan fingerprint density at radius 3 is 2.82 bits per heavy atom. The highest BCUT2D eigenvalue weighted by Crippen LogP contribution is 2.36. The highest BCUT2D eigenvalue weighted by Gasteiger charge is 2.30. The summed E-state index contributed by atoms with van der Waals surface area (Å²) in [6.45, 7) is 3.01. The molecule has 1 fully saturated rings. The number of aryl methyl sites for hydroxylation is 2. The van der Waals surface area contributed by atoms with Crippen LogP contribution in [0.25, 0.3) is 11.1 Å². The fraction of sp³-hybridized carbons (Fsp3) is 0.417. The number of carbonyl (C=O) groups excluding carboxylic acids is 1. The molecule has 0 spiro atoms. The quantitative estimate of drug-likeness (QED) is 0.588. The molecule has 4 rings (SSSR count). The molecule has 33 heavy (non-hydrogen) atoms. The molecule has 1 N–H and O–H groups in total. The summed E-state index contributed by atoms with van der Waals surface area (Å²) in [6.07, 6.45) is 6.76. The van der Waals surface area contributed by atoms with E-state index in [0.717, 1.165) is 54.0 Å². The van der Waals surface area contributed by atoms with Crippen LogP contribution in [0, 0.1) is 6.92 Å². The summed E-state index contributed by atoms with van der Waals surface area (Å²) in [7, 11) is 5.71. The zero-order chi connectivity index (χ0) is 23.5. The number of hydrogen-bond acceptors (Lipinski definition) is 6. The van der Waals surface area contributed by atoms with Gasteiger partial charge in [0.15, 0.2) is 0 Å². The SMILES string of the molecule is Cc1nn(C)cc1NC(=O)CN1CCCC[C@@H]1c1nc(N(C)C)ncc1-c1cccc(Cl)c1. The van der Waals surface area contributed by atoms with Crippen LogP contribution >= 0.6 is 11.6 Å². The molecule has 1 saturated heterocycles. The van der Waals surface area contributed by atoms with Gasteiger partial charge < -0.3 is 10.2 Å². The van der Waals surface area contributed by atoms with Gasteiger partial charge in [-0.25, -0.2) is 9.97 Å². The third-order valence-corrected chi connectivity index (χ3v) is 6.14. The van der Waals surface area contributed by atoms with E-state index >= 15 is 0 Å². The first-order chi connectivity index (χ1) is 15.8. The van der Waals surface area contributed by atoms with Gasteiger partial charge in [-0.05, 0) is 44.0 Å². The lowest BCUT2D eigenvalue weighted by Gasteiger charge is -2.36. The molecule has 8 nitrogen and oxygen atoms in total. The maximum Gasteiger partial charge on any atom is 0.238 e. The van der Waals surface area contributed by atoms with E-state index in [-0.39, 0.29) is 18.5 Å². The number of carbonyl (C=O) groups is 1. The van der Waals surface area contributed by atoms with E-state index < -0.39 is 0 Å². The number of anilines is 2. The molecule has 0 bridgehead atoms. The van der Waals surface area contributed by atoms with Crippen LogP contribution in [0.15, 0.2) is 36.7 Å². The Kier molecular flexibility index (Phi) is 6.95. The second kappa shape index (κ2) is 9.89. The molecule has 0 aliphatic carbocycles. The van der Waals surface area contributed by atoms with Gasteiger partial charge in [-0.1, -0.05) is 30.2 Å². The smallest absolute Gasteiger partial charge is 0.238 e. The standard InChI is InChI=1S/C24H30ClN7O/c1-16-20(14-31(4)29-16)27-22(33)15-32-11-6-5-10-21(32)23-19(13-26-24(28-23)30(2)3)17-8-7-9-18(25)12-17/h7-9,12-14,21H,5-6,10-11,15H2,1-4H3,(H,27,33)/t21-/m1/s1. The van der Waals surface area contributed by atoms with Gasteiger partial charge in [0.25, 0.3) is 0 Å². The first-order valence-electron chi connectivity index (χ1n) is 11.2. The molecule has 1 amide bonds. The summed E-state index contributed by atoms with van der Waals surface area (Å²) >= 11 is 6.28. The molecular formula is C24H30ClN7O. The van der Waals surface area contributed by atoms with Crippen LogP contribution in [0.3, 0.4) is 0 Å². The van der Waals surface area contributed by atoms with Gasteiger partial charge in [-0.3, -0.25) is 14.4 Å². The lowest BCUT2D eigenvalue weighted by atomic mass is 9.94. The van der Waals surface area contributed by atoms with Gasteiger partial charge in [0, 0.05) is 44.1 Å². The predicted molar refractivity (Wildman–Crippen MR) is 132 cm³/mol. The number of amides is 1. The van der Waals surface area contributed by atoms with Crippen molar-refractivity contribution in [1.29, 1.82) is 0 Å². The predicted octanol–water partition coefficient (Wildman–Crippen LogP) is 4.07. The van der Waals surface area contributed by atoms with Gasteiger partial charge in [-0.2, -0.15) is 5.10 Å². The normalized spacial score (nSPS) is 16.6. The van der Waals surface area contributed by atoms with Gasteiger partial charge in [0.2, 0.25) is 11.9 Å². The fourth-order valence-electron chi connectivity index (χ4n) is 4.32. The molecule has 1 aliphatic heterocycles. The Morgan fingerprint density at radius 1 is 1.30 bits per heavy atom. The number of nitrogens with one attached hydrogen (secondary N) is 1. The Balaban J connectivity index is 1.65. The molecule has 0 saturated carbocycles. The number of piperidine rings is 1. The van der Waals surface area contributed by atoms with E-state index in [4.69, 9.17) is 16.6 Å². The zero-order valence-electron chi connectivity index (χ0n) is 19.5. The van der Waals surface area contributed by atoms with Crippen molar-refractivity contribution in [2.45, 2.75) is 32.2 Å². The molecule has 0 unspecified atom stereocenters. The topological polar surface area (TPSA) is 79.2 Å². The average molecular weight is 468 g/mol. The number of nitrogens with zero attached hydrogens (tertiary/aromatic N) is 6. The summed E-state index contributed by atoms with van der Waals surface area (Å²) in [4.78, 5) is 26.6. The largest absolute Gasteiger partial charge is 0.347 e. The van der Waals surface area contributed by atoms with Gasteiger partial charge in [0.05, 0.1) is 29.7 Å². The lowest BCUT2D eigenvalue weighted by Crippen LogP contribution is -2.40. The maximum atomic E-state index is 12.9. The van der Waals surface area contributed by atoms with Crippen molar-refractivity contribution in [2.75, 3.05) is 37.4 Å². The van der Waals surface area contributed by atoms with Crippen LogP contribution in [0.1, 0.15) is 36.7 Å². The van der Waals surface area contributed by atoms with E-state index in [2.05, 4.69) is 20.3 Å². The molecule has 3 aromatic rings. The minimum absolute atomic E-state index is 0.00942. The Labute approximate surface area is 199 Å². The summed E-state index contributed by atoms with van der Waals surface area (Å²) < 4.78 is 1.70. The average Bonchev–Trinajstić information content (AvgIpc) is 3.10. The van der Waals surface area contributed by atoms with Gasteiger partial charge in [0.1, 0.15) is 0 Å². The lowest BCUT2D eigenvalue weighted by molar-refractivity contribution is -0.118. The highest BCUT2D eigenvalue weighted by atomic mass is 35.5. The third kappa shape index (κ3) is 5.34. The molecule has 2 aromatic heterocycles. The highest BCUT2D eigenvalue weighted by molar-refractivity contribution is 6.30. The van der Waals surface area contributed by atoms with Crippen LogP contribution in [-0.4, -0.2) is 57.7 Å². The maximum absolute atomic E-state index is 12.9. The van der Waals surface area contributed by atoms with Crippen molar-refractivity contribution in [2.24, 2.45) is 7.05 Å². The Bertz CT molecular complexity index is 1140. The van der Waals surface area contributed by atoms with E-state index in [1.54, 1.807) is 4.68 Å². The number of benzene rings is 1. The monoisotopic (exact) mass is 467 g/mol. The van der Waals surface area contributed by atoms with Crippen molar-refractivity contribution >= 4 is 29.1 Å². The van der Waals surface area contributed by atoms with Crippen molar-refractivity contribution in [1.82, 2.24) is 24.6 Å². The Hall–Kier alpha value is -2.97. The van der Waals surface area contributed by atoms with Crippen LogP contribution in [0.5, 0.6) is 0 Å². The summed E-state index contributed by atoms with van der Waals surface area (Å²) in [6, 6.07) is 7.76. The Morgan fingerprint density at radius 2 is 2.12 bits per heavy atom. The summed E-state index contributed by atoms with van der Waals surface area (Å²) in [5, 5.41) is 7.99. The molecule has 174 valence electrons. The molecule has 1 aliphatic rings. The number of hydrogen-bond donors (Lipinski definition) is 1. The number of rotatable bonds is 6. The van der Waals surface area contributed by atoms with Crippen LogP contribution in [0.2, 0.25) is 5.02 Å². The van der Waals surface area contributed by atoms with Gasteiger partial charge in [-0.15, -0.1) is 0 Å². The van der Waals surface area contributed by atoms with Crippen molar-refractivity contribution in [3.63, 3.8) is 0 Å². The van der Waals surface area contributed by atoms with E-state index in [9.17, 15) is 4.79 Å². The van der Waals surface area contributed by atoms with E-state index in [0.29, 0.717) is 11.0 Å². The molecule has 0 radical (unpaired) electrons. The van der Waals surface area contributed by atoms with Crippen LogP contribution in [-0.2, 0) is 11.8 Å². The minimum Gasteiger partial charge on any atom is -0.347 e. The first-order valence-corrected chi connectivity index (χ1v) is 11.5. The van der Waals surface area contributed by atoms with Crippen molar-refractivity contribution in [3.8, 4) is 11.1 Å². The minimum atomic E-state index is -0.0517. The molecule has 1 aromatic carbocycles. The zero-order valence-corrected chi connectivity index (χ0v) is 20.3. The van der Waals surface area contributed by atoms with Gasteiger partial charge >= 0.3 is 0 Å². The molecule has 3 heterocycles. The molecule has 1 atom stereocenters. The second-order valence-electron chi connectivity index (χ2n) is 8.71. The number of likely N-dealkylation sites (tertiary alicyclic amines) is 1. The number of aromatic nitrogens is 4. The fourth-order valence-corrected chi connectivity index (χ4v) is 4.51. The third-order valence-electron chi connectivity index (χ3n) is 5.90. The summed E-state index contributed by atoms with van der Waals surface area (Å²) in [5.74, 6) is 0.598. The molecular weight excluding hydrogens is 438 g/mol. The second-order valence-corrected chi connectivity index (χ2v) is 9.14. The van der Waals surface area contributed by atoms with Crippen LogP contribution in [0.4, 0.5) is 11.6 Å². The van der Waals surface area contributed by atoms with Crippen LogP contribution < -0.4 is 10.2 Å². The van der Waals surface area contributed by atoms with Crippen molar-refractivity contribution < 1.29 is 4.79 Å². The van der Waals surface area contributed by atoms with Crippen molar-refractivity contribution in [3.05, 3.63) is 53.1 Å². The first kappa shape index (κ1) is 23.2. The molecule has 9 heteroatoms. The number of halogens is 1.